The monoisotopic (exact) mass is 344 g/mol. The number of methoxy groups -OCH3 is 1. The number of esters is 1. The van der Waals surface area contributed by atoms with Crippen LogP contribution in [0.2, 0.25) is 0 Å². The maximum atomic E-state index is 12.7. The van der Waals surface area contributed by atoms with Crippen molar-refractivity contribution < 1.29 is 27.5 Å². The molecule has 2 rings (SSSR count). The fourth-order valence-corrected chi connectivity index (χ4v) is 2.63. The van der Waals surface area contributed by atoms with Crippen molar-refractivity contribution in [1.82, 2.24) is 4.90 Å². The lowest BCUT2D eigenvalue weighted by molar-refractivity contribution is -0.137. The zero-order chi connectivity index (χ0) is 17.2. The van der Waals surface area contributed by atoms with Gasteiger partial charge in [0.25, 0.3) is 5.91 Å². The van der Waals surface area contributed by atoms with Crippen LogP contribution in [0.25, 0.3) is 0 Å². The molecular formula is C14H11F3N2O3S. The van der Waals surface area contributed by atoms with Gasteiger partial charge in [-0.15, -0.1) is 0 Å². The van der Waals surface area contributed by atoms with Crippen LogP contribution in [0.15, 0.2) is 40.2 Å². The molecule has 5 nitrogen and oxygen atoms in total. The number of likely N-dealkylation sites (N-methyl/N-ethyl adjacent to an activating group) is 1. The highest BCUT2D eigenvalue weighted by Crippen LogP contribution is 2.34. The van der Waals surface area contributed by atoms with Crippen molar-refractivity contribution in [2.45, 2.75) is 6.18 Å². The number of hydrogen-bond acceptors (Lipinski definition) is 5. The van der Waals surface area contributed by atoms with E-state index in [0.29, 0.717) is 0 Å². The lowest BCUT2D eigenvalue weighted by Crippen LogP contribution is -2.23. The summed E-state index contributed by atoms with van der Waals surface area (Å²) in [4.78, 5) is 28.4. The van der Waals surface area contributed by atoms with Crippen molar-refractivity contribution >= 4 is 34.5 Å². The maximum Gasteiger partial charge on any atom is 0.416 e. The lowest BCUT2D eigenvalue weighted by atomic mass is 10.2. The van der Waals surface area contributed by atoms with Gasteiger partial charge in [-0.05, 0) is 30.0 Å². The number of aliphatic imine (C=N–C) groups is 1. The van der Waals surface area contributed by atoms with E-state index in [1.807, 2.05) is 0 Å². The molecule has 122 valence electrons. The van der Waals surface area contributed by atoms with E-state index in [0.717, 1.165) is 34.9 Å². The zero-order valence-corrected chi connectivity index (χ0v) is 12.9. The number of nitrogens with zero attached hydrogens (tertiary/aromatic N) is 2. The fourth-order valence-electron chi connectivity index (χ4n) is 1.68. The molecule has 0 spiro atoms. The van der Waals surface area contributed by atoms with Crippen LogP contribution in [0.3, 0.4) is 0 Å². The van der Waals surface area contributed by atoms with Gasteiger partial charge in [-0.1, -0.05) is 6.07 Å². The topological polar surface area (TPSA) is 59.0 Å². The van der Waals surface area contributed by atoms with Crippen LogP contribution in [0.4, 0.5) is 18.9 Å². The fraction of sp³-hybridized carbons (Fsp3) is 0.214. The number of rotatable bonds is 2. The van der Waals surface area contributed by atoms with Crippen molar-refractivity contribution in [2.75, 3.05) is 14.2 Å². The molecule has 1 aliphatic heterocycles. The summed E-state index contributed by atoms with van der Waals surface area (Å²) in [6.07, 6.45) is -3.46. The summed E-state index contributed by atoms with van der Waals surface area (Å²) in [7, 11) is 2.59. The molecule has 9 heteroatoms. The largest absolute Gasteiger partial charge is 0.466 e. The molecule has 0 unspecified atom stereocenters. The summed E-state index contributed by atoms with van der Waals surface area (Å²) in [6, 6.07) is 4.44. The van der Waals surface area contributed by atoms with Crippen LogP contribution in [-0.2, 0) is 20.5 Å². The van der Waals surface area contributed by atoms with E-state index in [1.54, 1.807) is 0 Å². The van der Waals surface area contributed by atoms with Gasteiger partial charge in [-0.25, -0.2) is 9.79 Å². The highest BCUT2D eigenvalue weighted by atomic mass is 32.2. The Kier molecular flexibility index (Phi) is 4.79. The normalized spacial score (nSPS) is 18.8. The molecule has 1 aliphatic rings. The SMILES string of the molecule is COC(=O)C=C1SC(=Nc2cccc(C(F)(F)F)c2)N(C)C1=O. The summed E-state index contributed by atoms with van der Waals surface area (Å²) >= 11 is 0.884. The van der Waals surface area contributed by atoms with Gasteiger partial charge in [0, 0.05) is 13.1 Å². The Morgan fingerprint density at radius 3 is 2.70 bits per heavy atom. The quantitative estimate of drug-likeness (QED) is 0.611. The molecule has 23 heavy (non-hydrogen) atoms. The minimum absolute atomic E-state index is 0.0568. The number of ether oxygens (including phenoxy) is 1. The second-order valence-corrected chi connectivity index (χ2v) is 5.45. The number of halogens is 3. The summed E-state index contributed by atoms with van der Waals surface area (Å²) in [5.41, 5.74) is -0.775. The Hall–Kier alpha value is -2.29. The predicted molar refractivity (Wildman–Crippen MR) is 79.0 cm³/mol. The van der Waals surface area contributed by atoms with Gasteiger partial charge in [0.15, 0.2) is 5.17 Å². The molecule has 0 aliphatic carbocycles. The number of amides is 1. The predicted octanol–water partition coefficient (Wildman–Crippen LogP) is 2.96. The smallest absolute Gasteiger partial charge is 0.416 e. The standard InChI is InChI=1S/C14H11F3N2O3S/c1-19-12(21)10(7-11(20)22-2)23-13(19)18-9-5-3-4-8(6-9)14(15,16)17/h3-7H,1-2H3. The Labute approximate surface area is 133 Å². The Morgan fingerprint density at radius 1 is 1.39 bits per heavy atom. The van der Waals surface area contributed by atoms with E-state index in [1.165, 1.54) is 26.3 Å². The van der Waals surface area contributed by atoms with Gasteiger partial charge in [0.2, 0.25) is 0 Å². The molecule has 1 heterocycles. The van der Waals surface area contributed by atoms with Crippen LogP contribution in [0, 0.1) is 0 Å². The van der Waals surface area contributed by atoms with Crippen LogP contribution < -0.4 is 0 Å². The number of thioether (sulfide) groups is 1. The van der Waals surface area contributed by atoms with Crippen molar-refractivity contribution in [3.05, 3.63) is 40.8 Å². The van der Waals surface area contributed by atoms with E-state index >= 15 is 0 Å². The van der Waals surface area contributed by atoms with Crippen LogP contribution in [0.1, 0.15) is 5.56 Å². The highest BCUT2D eigenvalue weighted by molar-refractivity contribution is 8.18. The number of hydrogen-bond donors (Lipinski definition) is 0. The Morgan fingerprint density at radius 2 is 2.09 bits per heavy atom. The highest BCUT2D eigenvalue weighted by Gasteiger charge is 2.32. The molecule has 1 aromatic carbocycles. The van der Waals surface area contributed by atoms with Gasteiger partial charge >= 0.3 is 12.1 Å². The average molecular weight is 344 g/mol. The first-order valence-corrected chi connectivity index (χ1v) is 7.05. The molecule has 0 aromatic heterocycles. The molecule has 1 saturated heterocycles. The van der Waals surface area contributed by atoms with Crippen molar-refractivity contribution in [3.63, 3.8) is 0 Å². The van der Waals surface area contributed by atoms with E-state index in [-0.39, 0.29) is 15.8 Å². The van der Waals surface area contributed by atoms with Crippen LogP contribution >= 0.6 is 11.8 Å². The summed E-state index contributed by atoms with van der Waals surface area (Å²) in [5, 5.41) is 0.171. The number of carbonyl (C=O) groups is 2. The lowest BCUT2D eigenvalue weighted by Gasteiger charge is -2.09. The molecule has 1 aromatic rings. The third kappa shape index (κ3) is 3.92. The number of benzene rings is 1. The Bertz CT molecular complexity index is 713. The Balaban J connectivity index is 2.32. The zero-order valence-electron chi connectivity index (χ0n) is 12.0. The average Bonchev–Trinajstić information content (AvgIpc) is 2.75. The first-order valence-electron chi connectivity index (χ1n) is 6.24. The summed E-state index contributed by atoms with van der Waals surface area (Å²) < 4.78 is 42.5. The van der Waals surface area contributed by atoms with E-state index in [4.69, 9.17) is 0 Å². The van der Waals surface area contributed by atoms with Crippen LogP contribution in [-0.4, -0.2) is 36.1 Å². The van der Waals surface area contributed by atoms with E-state index in [9.17, 15) is 22.8 Å². The first kappa shape index (κ1) is 17.1. The molecule has 0 saturated carbocycles. The van der Waals surface area contributed by atoms with Crippen molar-refractivity contribution in [1.29, 1.82) is 0 Å². The second kappa shape index (κ2) is 6.45. The molecule has 0 bridgehead atoms. The van der Waals surface area contributed by atoms with E-state index < -0.39 is 23.6 Å². The van der Waals surface area contributed by atoms with Gasteiger partial charge in [0.1, 0.15) is 0 Å². The second-order valence-electron chi connectivity index (χ2n) is 4.44. The van der Waals surface area contributed by atoms with Gasteiger partial charge in [-0.2, -0.15) is 13.2 Å². The number of carbonyl (C=O) groups excluding carboxylic acids is 2. The molecule has 0 N–H and O–H groups in total. The van der Waals surface area contributed by atoms with Crippen molar-refractivity contribution in [2.24, 2.45) is 4.99 Å². The summed E-state index contributed by atoms with van der Waals surface area (Å²) in [5.74, 6) is -1.18. The maximum absolute atomic E-state index is 12.7. The molecule has 1 amide bonds. The third-order valence-electron chi connectivity index (χ3n) is 2.85. The van der Waals surface area contributed by atoms with Crippen LogP contribution in [0.5, 0.6) is 0 Å². The van der Waals surface area contributed by atoms with Gasteiger partial charge in [-0.3, -0.25) is 9.69 Å². The summed E-state index contributed by atoms with van der Waals surface area (Å²) in [6.45, 7) is 0. The minimum Gasteiger partial charge on any atom is -0.466 e. The van der Waals surface area contributed by atoms with Crippen molar-refractivity contribution in [3.8, 4) is 0 Å². The van der Waals surface area contributed by atoms with Gasteiger partial charge < -0.3 is 4.74 Å². The third-order valence-corrected chi connectivity index (χ3v) is 3.91. The molecule has 0 atom stereocenters. The molecule has 0 radical (unpaired) electrons. The van der Waals surface area contributed by atoms with Gasteiger partial charge in [0.05, 0.1) is 23.3 Å². The minimum atomic E-state index is -4.48. The number of amidine groups is 1. The first-order chi connectivity index (χ1) is 10.7. The molecular weight excluding hydrogens is 333 g/mol. The van der Waals surface area contributed by atoms with E-state index in [2.05, 4.69) is 9.73 Å². The molecule has 1 fully saturated rings. The number of alkyl halides is 3.